The molecule has 88 valence electrons. The number of carbonyl (C=O) groups excluding carboxylic acids is 1. The molecule has 0 fully saturated rings. The Hall–Kier alpha value is -1.81. The van der Waals surface area contributed by atoms with Gasteiger partial charge in [0.05, 0.1) is 6.10 Å². The predicted octanol–water partition coefficient (Wildman–Crippen LogP) is 1.39. The summed E-state index contributed by atoms with van der Waals surface area (Å²) in [6.07, 6.45) is 8.38. The topological polar surface area (TPSA) is 63.1 Å². The van der Waals surface area contributed by atoms with Crippen molar-refractivity contribution in [3.8, 4) is 0 Å². The number of hydrogen-bond acceptors (Lipinski definition) is 4. The molecule has 1 N–H and O–H groups in total. The fourth-order valence-electron chi connectivity index (χ4n) is 1.92. The standard InChI is InChI=1S/C13H14N2O2/c1-9(16)8-12(17)10-4-2-5-11(10)13-14-6-3-7-15-13/h2-7,10,12,17H,8H2,1H3/t10?,12-/m1/s1. The molecule has 1 unspecified atom stereocenters. The Morgan fingerprint density at radius 1 is 1.47 bits per heavy atom. The van der Waals surface area contributed by atoms with Crippen LogP contribution in [-0.2, 0) is 4.79 Å². The predicted molar refractivity (Wildman–Crippen MR) is 63.9 cm³/mol. The van der Waals surface area contributed by atoms with E-state index in [1.807, 2.05) is 18.2 Å². The lowest BCUT2D eigenvalue weighted by molar-refractivity contribution is -0.119. The Kier molecular flexibility index (Phi) is 3.44. The molecule has 2 rings (SSSR count). The van der Waals surface area contributed by atoms with Crippen LogP contribution in [0.25, 0.3) is 5.57 Å². The number of nitrogens with zero attached hydrogens (tertiary/aromatic N) is 2. The molecular formula is C13H14N2O2. The van der Waals surface area contributed by atoms with E-state index in [0.29, 0.717) is 5.82 Å². The highest BCUT2D eigenvalue weighted by atomic mass is 16.3. The van der Waals surface area contributed by atoms with E-state index < -0.39 is 6.10 Å². The first-order valence-electron chi connectivity index (χ1n) is 5.52. The van der Waals surface area contributed by atoms with Crippen molar-refractivity contribution in [2.45, 2.75) is 19.4 Å². The van der Waals surface area contributed by atoms with Crippen molar-refractivity contribution in [3.05, 3.63) is 42.5 Å². The summed E-state index contributed by atoms with van der Waals surface area (Å²) in [6, 6.07) is 1.74. The average Bonchev–Trinajstić information content (AvgIpc) is 2.78. The maximum atomic E-state index is 11.0. The van der Waals surface area contributed by atoms with Crippen LogP contribution in [0.2, 0.25) is 0 Å². The van der Waals surface area contributed by atoms with Gasteiger partial charge in [0.15, 0.2) is 5.82 Å². The highest BCUT2D eigenvalue weighted by Gasteiger charge is 2.26. The third-order valence-electron chi connectivity index (χ3n) is 2.69. The second-order valence-corrected chi connectivity index (χ2v) is 4.08. The van der Waals surface area contributed by atoms with Gasteiger partial charge in [0.1, 0.15) is 5.78 Å². The van der Waals surface area contributed by atoms with E-state index in [1.165, 1.54) is 6.92 Å². The molecule has 0 amide bonds. The van der Waals surface area contributed by atoms with Gasteiger partial charge in [-0.15, -0.1) is 0 Å². The van der Waals surface area contributed by atoms with Crippen LogP contribution in [0, 0.1) is 5.92 Å². The Bertz CT molecular complexity index is 466. The molecule has 0 saturated carbocycles. The molecule has 2 atom stereocenters. The van der Waals surface area contributed by atoms with Crippen LogP contribution in [0.4, 0.5) is 0 Å². The van der Waals surface area contributed by atoms with E-state index in [-0.39, 0.29) is 18.1 Å². The van der Waals surface area contributed by atoms with Gasteiger partial charge >= 0.3 is 0 Å². The number of allylic oxidation sites excluding steroid dienone is 2. The van der Waals surface area contributed by atoms with E-state index in [2.05, 4.69) is 9.97 Å². The first-order chi connectivity index (χ1) is 8.18. The number of Topliss-reactive ketones (excluding diaryl/α,β-unsaturated/α-hetero) is 1. The molecule has 4 heteroatoms. The second-order valence-electron chi connectivity index (χ2n) is 4.08. The minimum Gasteiger partial charge on any atom is -0.392 e. The quantitative estimate of drug-likeness (QED) is 0.848. The van der Waals surface area contributed by atoms with Gasteiger partial charge in [-0.1, -0.05) is 18.2 Å². The van der Waals surface area contributed by atoms with Gasteiger partial charge in [-0.25, -0.2) is 9.97 Å². The van der Waals surface area contributed by atoms with Crippen LogP contribution in [0.5, 0.6) is 0 Å². The summed E-state index contributed by atoms with van der Waals surface area (Å²) in [7, 11) is 0. The van der Waals surface area contributed by atoms with Gasteiger partial charge in [0, 0.05) is 30.3 Å². The van der Waals surface area contributed by atoms with Crippen LogP contribution in [0.15, 0.2) is 36.7 Å². The zero-order chi connectivity index (χ0) is 12.3. The van der Waals surface area contributed by atoms with Gasteiger partial charge < -0.3 is 5.11 Å². The van der Waals surface area contributed by atoms with Gasteiger partial charge in [-0.2, -0.15) is 0 Å². The van der Waals surface area contributed by atoms with Gasteiger partial charge in [0.2, 0.25) is 0 Å². The smallest absolute Gasteiger partial charge is 0.155 e. The molecule has 0 saturated heterocycles. The maximum Gasteiger partial charge on any atom is 0.155 e. The molecule has 0 bridgehead atoms. The van der Waals surface area contributed by atoms with Crippen LogP contribution in [0.3, 0.4) is 0 Å². The van der Waals surface area contributed by atoms with Crippen LogP contribution in [0.1, 0.15) is 19.2 Å². The zero-order valence-corrected chi connectivity index (χ0v) is 9.58. The monoisotopic (exact) mass is 230 g/mol. The second kappa shape index (κ2) is 5.01. The summed E-state index contributed by atoms with van der Waals surface area (Å²) in [5.74, 6) is 0.387. The Morgan fingerprint density at radius 3 is 2.82 bits per heavy atom. The van der Waals surface area contributed by atoms with Crippen LogP contribution < -0.4 is 0 Å². The van der Waals surface area contributed by atoms with E-state index in [1.54, 1.807) is 18.5 Å². The zero-order valence-electron chi connectivity index (χ0n) is 9.58. The van der Waals surface area contributed by atoms with Gasteiger partial charge in [0.25, 0.3) is 0 Å². The summed E-state index contributed by atoms with van der Waals surface area (Å²) in [6.45, 7) is 1.48. The highest BCUT2D eigenvalue weighted by molar-refractivity contribution is 5.77. The third-order valence-corrected chi connectivity index (χ3v) is 2.69. The fourth-order valence-corrected chi connectivity index (χ4v) is 1.92. The maximum absolute atomic E-state index is 11.0. The number of hydrogen-bond donors (Lipinski definition) is 1. The van der Waals surface area contributed by atoms with Crippen molar-refractivity contribution in [1.82, 2.24) is 9.97 Å². The minimum absolute atomic E-state index is 0.0221. The molecule has 17 heavy (non-hydrogen) atoms. The van der Waals surface area contributed by atoms with Crippen molar-refractivity contribution in [3.63, 3.8) is 0 Å². The number of aliphatic hydroxyl groups excluding tert-OH is 1. The van der Waals surface area contributed by atoms with Crippen molar-refractivity contribution >= 4 is 11.4 Å². The summed E-state index contributed by atoms with van der Waals surface area (Å²) in [4.78, 5) is 19.3. The summed E-state index contributed by atoms with van der Waals surface area (Å²) >= 11 is 0. The largest absolute Gasteiger partial charge is 0.392 e. The fraction of sp³-hybridized carbons (Fsp3) is 0.308. The lowest BCUT2D eigenvalue weighted by Crippen LogP contribution is -2.22. The van der Waals surface area contributed by atoms with E-state index in [0.717, 1.165) is 5.57 Å². The lowest BCUT2D eigenvalue weighted by atomic mass is 9.92. The van der Waals surface area contributed by atoms with Gasteiger partial charge in [-0.05, 0) is 13.0 Å². The number of ketones is 1. The summed E-state index contributed by atoms with van der Waals surface area (Å²) in [5.41, 5.74) is 0.861. The molecule has 1 aromatic heterocycles. The molecule has 1 aliphatic rings. The molecule has 0 spiro atoms. The van der Waals surface area contributed by atoms with Crippen molar-refractivity contribution in [1.29, 1.82) is 0 Å². The average molecular weight is 230 g/mol. The Morgan fingerprint density at radius 2 is 2.18 bits per heavy atom. The van der Waals surface area contributed by atoms with Crippen LogP contribution in [-0.4, -0.2) is 27.0 Å². The molecule has 1 heterocycles. The van der Waals surface area contributed by atoms with Crippen LogP contribution >= 0.6 is 0 Å². The number of carbonyl (C=O) groups is 1. The van der Waals surface area contributed by atoms with Crippen molar-refractivity contribution in [2.24, 2.45) is 5.92 Å². The van der Waals surface area contributed by atoms with Crippen molar-refractivity contribution in [2.75, 3.05) is 0 Å². The normalized spacial score (nSPS) is 20.1. The number of rotatable bonds is 4. The highest BCUT2D eigenvalue weighted by Crippen LogP contribution is 2.30. The molecule has 4 nitrogen and oxygen atoms in total. The summed E-state index contributed by atoms with van der Waals surface area (Å²) < 4.78 is 0. The molecule has 1 aromatic rings. The SMILES string of the molecule is CC(=O)C[C@@H](O)C1C=CC=C1c1ncccn1. The van der Waals surface area contributed by atoms with E-state index in [9.17, 15) is 9.90 Å². The minimum atomic E-state index is -0.707. The Labute approximate surface area is 99.7 Å². The molecular weight excluding hydrogens is 216 g/mol. The Balaban J connectivity index is 2.17. The molecule has 0 aliphatic heterocycles. The molecule has 0 aromatic carbocycles. The third kappa shape index (κ3) is 2.65. The van der Waals surface area contributed by atoms with E-state index in [4.69, 9.17) is 0 Å². The molecule has 0 radical (unpaired) electrons. The number of aliphatic hydroxyl groups is 1. The molecule has 1 aliphatic carbocycles. The van der Waals surface area contributed by atoms with Gasteiger partial charge in [-0.3, -0.25) is 4.79 Å². The number of aromatic nitrogens is 2. The first-order valence-corrected chi connectivity index (χ1v) is 5.52. The van der Waals surface area contributed by atoms with Crippen molar-refractivity contribution < 1.29 is 9.90 Å². The summed E-state index contributed by atoms with van der Waals surface area (Å²) in [5, 5.41) is 9.98. The lowest BCUT2D eigenvalue weighted by Gasteiger charge is -2.18. The van der Waals surface area contributed by atoms with E-state index >= 15 is 0 Å². The first kappa shape index (κ1) is 11.7.